The minimum Gasteiger partial charge on any atom is -0.497 e. The summed E-state index contributed by atoms with van der Waals surface area (Å²) in [5.41, 5.74) is 0.916. The van der Waals surface area contributed by atoms with Crippen molar-refractivity contribution in [1.29, 1.82) is 0 Å². The molecule has 0 spiro atoms. The second-order valence-electron chi connectivity index (χ2n) is 4.06. The van der Waals surface area contributed by atoms with E-state index >= 15 is 0 Å². The number of benzene rings is 1. The van der Waals surface area contributed by atoms with Crippen molar-refractivity contribution in [2.75, 3.05) is 7.11 Å². The van der Waals surface area contributed by atoms with Crippen LogP contribution in [0.4, 0.5) is 0 Å². The van der Waals surface area contributed by atoms with Crippen LogP contribution >= 0.6 is 0 Å². The fraction of sp³-hybridized carbons (Fsp3) is 0.462. The first-order valence-corrected chi connectivity index (χ1v) is 5.54. The Kier molecular flexibility index (Phi) is 4.97. The fourth-order valence-corrected chi connectivity index (χ4v) is 1.50. The van der Waals surface area contributed by atoms with E-state index in [-0.39, 0.29) is 6.10 Å². The Morgan fingerprint density at radius 3 is 2.29 bits per heavy atom. The zero-order chi connectivity index (χ0) is 12.8. The Bertz CT molecular complexity index is 356. The van der Waals surface area contributed by atoms with E-state index < -0.39 is 12.1 Å². The van der Waals surface area contributed by atoms with Crippen LogP contribution in [0, 0.1) is 0 Å². The Labute approximate surface area is 101 Å². The lowest BCUT2D eigenvalue weighted by atomic mass is 10.1. The van der Waals surface area contributed by atoms with Gasteiger partial charge in [-0.2, -0.15) is 0 Å². The normalized spacial score (nSPS) is 12.5. The SMILES string of the molecule is COc1ccc(CC(OC(C)C)C(=O)O)cc1. The van der Waals surface area contributed by atoms with Crippen molar-refractivity contribution in [3.8, 4) is 5.75 Å². The third-order valence-electron chi connectivity index (χ3n) is 2.29. The molecule has 0 bridgehead atoms. The van der Waals surface area contributed by atoms with Gasteiger partial charge >= 0.3 is 5.97 Å². The van der Waals surface area contributed by atoms with Crippen LogP contribution in [0.15, 0.2) is 24.3 Å². The number of methoxy groups -OCH3 is 1. The molecular formula is C13H18O4. The Hall–Kier alpha value is -1.55. The third-order valence-corrected chi connectivity index (χ3v) is 2.29. The Morgan fingerprint density at radius 2 is 1.88 bits per heavy atom. The predicted octanol–water partition coefficient (Wildman–Crippen LogP) is 2.12. The van der Waals surface area contributed by atoms with Gasteiger partial charge in [0.1, 0.15) is 5.75 Å². The van der Waals surface area contributed by atoms with E-state index in [1.165, 1.54) is 0 Å². The molecule has 1 N–H and O–H groups in total. The minimum absolute atomic E-state index is 0.102. The number of carboxylic acids is 1. The van der Waals surface area contributed by atoms with Crippen molar-refractivity contribution in [3.05, 3.63) is 29.8 Å². The Balaban J connectivity index is 2.68. The van der Waals surface area contributed by atoms with E-state index in [1.807, 2.05) is 38.1 Å². The maximum absolute atomic E-state index is 11.0. The molecule has 4 nitrogen and oxygen atoms in total. The summed E-state index contributed by atoms with van der Waals surface area (Å²) < 4.78 is 10.4. The number of carbonyl (C=O) groups is 1. The largest absolute Gasteiger partial charge is 0.497 e. The summed E-state index contributed by atoms with van der Waals surface area (Å²) in [5.74, 6) is -0.181. The molecule has 0 aliphatic heterocycles. The maximum atomic E-state index is 11.0. The highest BCUT2D eigenvalue weighted by atomic mass is 16.5. The van der Waals surface area contributed by atoms with E-state index in [0.717, 1.165) is 11.3 Å². The molecule has 1 unspecified atom stereocenters. The molecule has 94 valence electrons. The van der Waals surface area contributed by atoms with Crippen molar-refractivity contribution >= 4 is 5.97 Å². The summed E-state index contributed by atoms with van der Waals surface area (Å²) in [4.78, 5) is 11.0. The van der Waals surface area contributed by atoms with Gasteiger partial charge in [-0.05, 0) is 31.5 Å². The molecule has 0 radical (unpaired) electrons. The fourth-order valence-electron chi connectivity index (χ4n) is 1.50. The van der Waals surface area contributed by atoms with E-state index in [1.54, 1.807) is 7.11 Å². The highest BCUT2D eigenvalue weighted by molar-refractivity contribution is 5.72. The van der Waals surface area contributed by atoms with Crippen LogP contribution in [-0.2, 0) is 16.0 Å². The van der Waals surface area contributed by atoms with Gasteiger partial charge in [-0.1, -0.05) is 12.1 Å². The van der Waals surface area contributed by atoms with Crippen molar-refractivity contribution in [2.45, 2.75) is 32.5 Å². The molecule has 0 amide bonds. The van der Waals surface area contributed by atoms with Gasteiger partial charge in [-0.25, -0.2) is 4.79 Å². The molecule has 0 aromatic heterocycles. The van der Waals surface area contributed by atoms with Gasteiger partial charge < -0.3 is 14.6 Å². The van der Waals surface area contributed by atoms with Gasteiger partial charge in [0.25, 0.3) is 0 Å². The van der Waals surface area contributed by atoms with Gasteiger partial charge in [0, 0.05) is 6.42 Å². The molecule has 4 heteroatoms. The lowest BCUT2D eigenvalue weighted by Crippen LogP contribution is -2.29. The van der Waals surface area contributed by atoms with Crippen LogP contribution in [0.2, 0.25) is 0 Å². The zero-order valence-electron chi connectivity index (χ0n) is 10.3. The Morgan fingerprint density at radius 1 is 1.29 bits per heavy atom. The lowest BCUT2D eigenvalue weighted by molar-refractivity contribution is -0.153. The van der Waals surface area contributed by atoms with Gasteiger partial charge in [0.2, 0.25) is 0 Å². The average Bonchev–Trinajstić information content (AvgIpc) is 2.28. The molecule has 1 atom stereocenters. The van der Waals surface area contributed by atoms with Crippen LogP contribution in [0.25, 0.3) is 0 Å². The van der Waals surface area contributed by atoms with Crippen LogP contribution < -0.4 is 4.74 Å². The van der Waals surface area contributed by atoms with Crippen LogP contribution in [0.1, 0.15) is 19.4 Å². The van der Waals surface area contributed by atoms with Crippen molar-refractivity contribution < 1.29 is 19.4 Å². The molecule has 1 rings (SSSR count). The number of aliphatic carboxylic acids is 1. The zero-order valence-corrected chi connectivity index (χ0v) is 10.3. The second kappa shape index (κ2) is 6.25. The summed E-state index contributed by atoms with van der Waals surface area (Å²) in [6.07, 6.45) is -0.546. The summed E-state index contributed by atoms with van der Waals surface area (Å²) in [6, 6.07) is 7.31. The molecule has 0 aliphatic rings. The maximum Gasteiger partial charge on any atom is 0.333 e. The molecule has 0 saturated carbocycles. The van der Waals surface area contributed by atoms with E-state index in [0.29, 0.717) is 6.42 Å². The van der Waals surface area contributed by atoms with Crippen LogP contribution in [-0.4, -0.2) is 30.4 Å². The topological polar surface area (TPSA) is 55.8 Å². The van der Waals surface area contributed by atoms with Crippen molar-refractivity contribution in [3.63, 3.8) is 0 Å². The summed E-state index contributed by atoms with van der Waals surface area (Å²) in [6.45, 7) is 3.65. The molecule has 0 fully saturated rings. The number of hydrogen-bond donors (Lipinski definition) is 1. The number of carboxylic acid groups (broad SMARTS) is 1. The summed E-state index contributed by atoms with van der Waals surface area (Å²) >= 11 is 0. The van der Waals surface area contributed by atoms with Gasteiger partial charge in [0.15, 0.2) is 6.10 Å². The van der Waals surface area contributed by atoms with Gasteiger partial charge in [-0.3, -0.25) is 0 Å². The lowest BCUT2D eigenvalue weighted by Gasteiger charge is -2.16. The number of rotatable bonds is 6. The monoisotopic (exact) mass is 238 g/mol. The molecular weight excluding hydrogens is 220 g/mol. The van der Waals surface area contributed by atoms with Crippen LogP contribution in [0.3, 0.4) is 0 Å². The smallest absolute Gasteiger partial charge is 0.333 e. The molecule has 1 aromatic carbocycles. The molecule has 0 aliphatic carbocycles. The number of hydrogen-bond acceptors (Lipinski definition) is 3. The standard InChI is InChI=1S/C13H18O4/c1-9(2)17-12(13(14)15)8-10-4-6-11(16-3)7-5-10/h4-7,9,12H,8H2,1-3H3,(H,14,15). The van der Waals surface area contributed by atoms with E-state index in [2.05, 4.69) is 0 Å². The average molecular weight is 238 g/mol. The third kappa shape index (κ3) is 4.44. The molecule has 17 heavy (non-hydrogen) atoms. The highest BCUT2D eigenvalue weighted by Crippen LogP contribution is 2.14. The molecule has 0 heterocycles. The second-order valence-corrected chi connectivity index (χ2v) is 4.06. The van der Waals surface area contributed by atoms with Gasteiger partial charge in [0.05, 0.1) is 13.2 Å². The predicted molar refractivity (Wildman–Crippen MR) is 64.3 cm³/mol. The minimum atomic E-state index is -0.936. The summed E-state index contributed by atoms with van der Waals surface area (Å²) in [7, 11) is 1.59. The van der Waals surface area contributed by atoms with Crippen LogP contribution in [0.5, 0.6) is 5.75 Å². The van der Waals surface area contributed by atoms with E-state index in [4.69, 9.17) is 14.6 Å². The van der Waals surface area contributed by atoms with Crippen molar-refractivity contribution in [2.24, 2.45) is 0 Å². The van der Waals surface area contributed by atoms with Gasteiger partial charge in [-0.15, -0.1) is 0 Å². The number of ether oxygens (including phenoxy) is 2. The highest BCUT2D eigenvalue weighted by Gasteiger charge is 2.19. The first-order chi connectivity index (χ1) is 8.02. The quantitative estimate of drug-likeness (QED) is 0.824. The summed E-state index contributed by atoms with van der Waals surface area (Å²) in [5, 5.41) is 9.03. The van der Waals surface area contributed by atoms with E-state index in [9.17, 15) is 4.79 Å². The molecule has 0 saturated heterocycles. The first kappa shape index (κ1) is 13.5. The molecule has 1 aromatic rings. The first-order valence-electron chi connectivity index (χ1n) is 5.54. The van der Waals surface area contributed by atoms with Crippen molar-refractivity contribution in [1.82, 2.24) is 0 Å².